The molecule has 0 fully saturated rings. The van der Waals surface area contributed by atoms with Gasteiger partial charge in [-0.15, -0.1) is 0 Å². The summed E-state index contributed by atoms with van der Waals surface area (Å²) < 4.78 is 17.3. The second kappa shape index (κ2) is 7.00. The highest BCUT2D eigenvalue weighted by molar-refractivity contribution is 14.1. The highest BCUT2D eigenvalue weighted by Gasteiger charge is 2.21. The maximum atomic E-state index is 6.40. The van der Waals surface area contributed by atoms with Crippen LogP contribution < -0.4 is 19.9 Å². The predicted molar refractivity (Wildman–Crippen MR) is 91.3 cm³/mol. The molecular weight excluding hydrogens is 381 g/mol. The SMILES string of the molecule is COc1ccc(C(N)c2cccc(I)c2)c(OC)c1OC. The fourth-order valence-electron chi connectivity index (χ4n) is 2.25. The summed E-state index contributed by atoms with van der Waals surface area (Å²) in [6.45, 7) is 0. The van der Waals surface area contributed by atoms with Crippen molar-refractivity contribution in [2.24, 2.45) is 5.73 Å². The van der Waals surface area contributed by atoms with E-state index in [9.17, 15) is 0 Å². The minimum atomic E-state index is -0.297. The van der Waals surface area contributed by atoms with E-state index in [-0.39, 0.29) is 6.04 Å². The fraction of sp³-hybridized carbons (Fsp3) is 0.250. The Morgan fingerprint density at radius 2 is 1.67 bits per heavy atom. The van der Waals surface area contributed by atoms with Crippen molar-refractivity contribution in [2.75, 3.05) is 21.3 Å². The van der Waals surface area contributed by atoms with Gasteiger partial charge in [-0.3, -0.25) is 0 Å². The van der Waals surface area contributed by atoms with Gasteiger partial charge in [0.15, 0.2) is 11.5 Å². The van der Waals surface area contributed by atoms with Crippen LogP contribution in [-0.2, 0) is 0 Å². The average Bonchev–Trinajstić information content (AvgIpc) is 2.52. The topological polar surface area (TPSA) is 53.7 Å². The Morgan fingerprint density at radius 3 is 2.24 bits per heavy atom. The van der Waals surface area contributed by atoms with Crippen LogP contribution in [0.3, 0.4) is 0 Å². The predicted octanol–water partition coefficient (Wildman–Crippen LogP) is 3.37. The van der Waals surface area contributed by atoms with Crippen molar-refractivity contribution in [1.82, 2.24) is 0 Å². The molecule has 2 aromatic rings. The van der Waals surface area contributed by atoms with Gasteiger partial charge in [-0.1, -0.05) is 12.1 Å². The van der Waals surface area contributed by atoms with Crippen molar-refractivity contribution < 1.29 is 14.2 Å². The molecule has 4 nitrogen and oxygen atoms in total. The summed E-state index contributed by atoms with van der Waals surface area (Å²) in [7, 11) is 4.78. The first-order valence-corrected chi connectivity index (χ1v) is 7.50. The lowest BCUT2D eigenvalue weighted by Gasteiger charge is -2.20. The molecule has 2 rings (SSSR count). The van der Waals surface area contributed by atoms with Gasteiger partial charge in [0.2, 0.25) is 5.75 Å². The second-order valence-corrected chi connectivity index (χ2v) is 5.70. The molecule has 2 aromatic carbocycles. The summed E-state index contributed by atoms with van der Waals surface area (Å²) in [5.74, 6) is 1.77. The molecule has 0 saturated carbocycles. The Hall–Kier alpha value is -1.47. The van der Waals surface area contributed by atoms with E-state index in [0.29, 0.717) is 17.2 Å². The first-order valence-electron chi connectivity index (χ1n) is 6.42. The molecule has 0 bridgehead atoms. The summed E-state index contributed by atoms with van der Waals surface area (Å²) in [5, 5.41) is 0. The third-order valence-electron chi connectivity index (χ3n) is 3.28. The average molecular weight is 399 g/mol. The van der Waals surface area contributed by atoms with Crippen LogP contribution in [0.5, 0.6) is 17.2 Å². The molecule has 0 aliphatic heterocycles. The van der Waals surface area contributed by atoms with E-state index in [1.807, 2.05) is 30.3 Å². The largest absolute Gasteiger partial charge is 0.493 e. The lowest BCUT2D eigenvalue weighted by atomic mass is 9.98. The van der Waals surface area contributed by atoms with Crippen molar-refractivity contribution in [3.8, 4) is 17.2 Å². The van der Waals surface area contributed by atoms with E-state index in [2.05, 4.69) is 28.7 Å². The number of halogens is 1. The molecule has 21 heavy (non-hydrogen) atoms. The van der Waals surface area contributed by atoms with Gasteiger partial charge in [-0.05, 0) is 52.4 Å². The minimum Gasteiger partial charge on any atom is -0.493 e. The number of nitrogens with two attached hydrogens (primary N) is 1. The molecule has 1 atom stereocenters. The number of hydrogen-bond acceptors (Lipinski definition) is 4. The molecule has 0 saturated heterocycles. The van der Waals surface area contributed by atoms with Gasteiger partial charge < -0.3 is 19.9 Å². The lowest BCUT2D eigenvalue weighted by Crippen LogP contribution is -2.14. The van der Waals surface area contributed by atoms with E-state index >= 15 is 0 Å². The van der Waals surface area contributed by atoms with E-state index in [0.717, 1.165) is 14.7 Å². The maximum absolute atomic E-state index is 6.40. The van der Waals surface area contributed by atoms with Crippen LogP contribution in [0.1, 0.15) is 17.2 Å². The Morgan fingerprint density at radius 1 is 0.952 bits per heavy atom. The summed E-state index contributed by atoms with van der Waals surface area (Å²) in [6.07, 6.45) is 0. The summed E-state index contributed by atoms with van der Waals surface area (Å²) >= 11 is 2.27. The molecule has 0 aliphatic carbocycles. The quantitative estimate of drug-likeness (QED) is 0.784. The second-order valence-electron chi connectivity index (χ2n) is 4.46. The highest BCUT2D eigenvalue weighted by atomic mass is 127. The van der Waals surface area contributed by atoms with Crippen LogP contribution in [-0.4, -0.2) is 21.3 Å². The third-order valence-corrected chi connectivity index (χ3v) is 3.95. The Labute approximate surface area is 138 Å². The van der Waals surface area contributed by atoms with Crippen LogP contribution in [0.4, 0.5) is 0 Å². The van der Waals surface area contributed by atoms with Gasteiger partial charge in [0.05, 0.1) is 27.4 Å². The Bertz CT molecular complexity index is 631. The molecule has 0 aromatic heterocycles. The van der Waals surface area contributed by atoms with E-state index in [1.54, 1.807) is 21.3 Å². The maximum Gasteiger partial charge on any atom is 0.203 e. The first-order chi connectivity index (χ1) is 10.1. The number of rotatable bonds is 5. The van der Waals surface area contributed by atoms with Crippen LogP contribution in [0.15, 0.2) is 36.4 Å². The highest BCUT2D eigenvalue weighted by Crippen LogP contribution is 2.42. The van der Waals surface area contributed by atoms with Crippen molar-refractivity contribution in [3.05, 3.63) is 51.1 Å². The van der Waals surface area contributed by atoms with Gasteiger partial charge in [-0.25, -0.2) is 0 Å². The van der Waals surface area contributed by atoms with Crippen LogP contribution in [0, 0.1) is 3.57 Å². The van der Waals surface area contributed by atoms with Crippen LogP contribution in [0.2, 0.25) is 0 Å². The van der Waals surface area contributed by atoms with E-state index < -0.39 is 0 Å². The molecule has 112 valence electrons. The third kappa shape index (κ3) is 3.24. The molecule has 1 unspecified atom stereocenters. The van der Waals surface area contributed by atoms with Gasteiger partial charge in [0.25, 0.3) is 0 Å². The number of ether oxygens (including phenoxy) is 3. The molecule has 0 radical (unpaired) electrons. The van der Waals surface area contributed by atoms with Crippen LogP contribution >= 0.6 is 22.6 Å². The lowest BCUT2D eigenvalue weighted by molar-refractivity contribution is 0.321. The number of benzene rings is 2. The molecule has 0 spiro atoms. The van der Waals surface area contributed by atoms with Crippen molar-refractivity contribution in [2.45, 2.75) is 6.04 Å². The fourth-order valence-corrected chi connectivity index (χ4v) is 2.82. The van der Waals surface area contributed by atoms with Crippen molar-refractivity contribution in [1.29, 1.82) is 0 Å². The molecule has 0 aliphatic rings. The van der Waals surface area contributed by atoms with E-state index in [1.165, 1.54) is 0 Å². The normalized spacial score (nSPS) is 11.9. The standard InChI is InChI=1S/C16H18INO3/c1-19-13-8-7-12(15(20-2)16(13)21-3)14(18)10-5-4-6-11(17)9-10/h4-9,14H,18H2,1-3H3. The molecule has 0 amide bonds. The number of methoxy groups -OCH3 is 3. The van der Waals surface area contributed by atoms with Gasteiger partial charge in [0, 0.05) is 9.13 Å². The zero-order valence-electron chi connectivity index (χ0n) is 12.2. The minimum absolute atomic E-state index is 0.297. The van der Waals surface area contributed by atoms with Crippen molar-refractivity contribution >= 4 is 22.6 Å². The Balaban J connectivity index is 2.53. The summed E-state index contributed by atoms with van der Waals surface area (Å²) in [6, 6.07) is 11.5. The molecular formula is C16H18INO3. The zero-order chi connectivity index (χ0) is 15.4. The zero-order valence-corrected chi connectivity index (χ0v) is 14.4. The van der Waals surface area contributed by atoms with Gasteiger partial charge in [-0.2, -0.15) is 0 Å². The monoisotopic (exact) mass is 399 g/mol. The van der Waals surface area contributed by atoms with Gasteiger partial charge in [0.1, 0.15) is 0 Å². The summed E-state index contributed by atoms with van der Waals surface area (Å²) in [5.41, 5.74) is 8.28. The summed E-state index contributed by atoms with van der Waals surface area (Å²) in [4.78, 5) is 0. The first kappa shape index (κ1) is 15.9. The molecule has 0 heterocycles. The number of hydrogen-bond donors (Lipinski definition) is 1. The van der Waals surface area contributed by atoms with Gasteiger partial charge >= 0.3 is 0 Å². The van der Waals surface area contributed by atoms with Crippen LogP contribution in [0.25, 0.3) is 0 Å². The molecule has 2 N–H and O–H groups in total. The molecule has 5 heteroatoms. The smallest absolute Gasteiger partial charge is 0.203 e. The van der Waals surface area contributed by atoms with Crippen molar-refractivity contribution in [3.63, 3.8) is 0 Å². The Kier molecular flexibility index (Phi) is 5.30. The van der Waals surface area contributed by atoms with E-state index in [4.69, 9.17) is 19.9 Å².